The fourth-order valence-corrected chi connectivity index (χ4v) is 1.62. The van der Waals surface area contributed by atoms with Crippen molar-refractivity contribution >= 4 is 23.2 Å². The van der Waals surface area contributed by atoms with Gasteiger partial charge in [-0.3, -0.25) is 4.79 Å². The smallest absolute Gasteiger partial charge is 0.221 e. The second-order valence-electron chi connectivity index (χ2n) is 3.82. The maximum Gasteiger partial charge on any atom is 0.221 e. The van der Waals surface area contributed by atoms with Gasteiger partial charge in [-0.1, -0.05) is 11.6 Å². The molecule has 102 valence electrons. The molecule has 0 atom stereocenters. The third-order valence-electron chi connectivity index (χ3n) is 2.40. The Morgan fingerprint density at radius 1 is 1.47 bits per heavy atom. The number of hydrogen-bond acceptors (Lipinski definition) is 4. The lowest BCUT2D eigenvalue weighted by Gasteiger charge is -2.09. The zero-order chi connectivity index (χ0) is 14.1. The van der Waals surface area contributed by atoms with Gasteiger partial charge in [-0.05, 0) is 18.2 Å². The highest BCUT2D eigenvalue weighted by Gasteiger charge is 2.04. The minimum Gasteiger partial charge on any atom is -0.383 e. The van der Waals surface area contributed by atoms with Crippen molar-refractivity contribution in [2.45, 2.75) is 6.42 Å². The summed E-state index contributed by atoms with van der Waals surface area (Å²) in [6.45, 7) is 1.43. The molecule has 0 aliphatic carbocycles. The van der Waals surface area contributed by atoms with E-state index in [-0.39, 0.29) is 5.91 Å². The van der Waals surface area contributed by atoms with E-state index in [4.69, 9.17) is 21.6 Å². The Kier molecular flexibility index (Phi) is 6.72. The molecule has 0 heterocycles. The normalized spacial score (nSPS) is 9.74. The molecule has 1 aromatic rings. The summed E-state index contributed by atoms with van der Waals surface area (Å²) in [6, 6.07) is 7.03. The molecule has 1 aromatic carbocycles. The summed E-state index contributed by atoms with van der Waals surface area (Å²) in [5.41, 5.74) is 1.14. The maximum absolute atomic E-state index is 11.4. The van der Waals surface area contributed by atoms with Crippen molar-refractivity contribution in [3.8, 4) is 6.07 Å². The van der Waals surface area contributed by atoms with Crippen LogP contribution in [-0.4, -0.2) is 32.7 Å². The predicted molar refractivity (Wildman–Crippen MR) is 74.2 cm³/mol. The first-order valence-electron chi connectivity index (χ1n) is 5.86. The Hall–Kier alpha value is -1.77. The van der Waals surface area contributed by atoms with Crippen LogP contribution >= 0.6 is 11.6 Å². The van der Waals surface area contributed by atoms with E-state index in [1.165, 1.54) is 0 Å². The molecule has 5 nitrogen and oxygen atoms in total. The van der Waals surface area contributed by atoms with E-state index >= 15 is 0 Å². The number of benzene rings is 1. The third-order valence-corrected chi connectivity index (χ3v) is 2.63. The molecule has 0 radical (unpaired) electrons. The van der Waals surface area contributed by atoms with Crippen molar-refractivity contribution in [2.75, 3.05) is 32.1 Å². The van der Waals surface area contributed by atoms with Gasteiger partial charge in [-0.2, -0.15) is 5.26 Å². The maximum atomic E-state index is 11.4. The van der Waals surface area contributed by atoms with E-state index in [0.717, 1.165) is 0 Å². The Morgan fingerprint density at radius 2 is 2.26 bits per heavy atom. The van der Waals surface area contributed by atoms with Gasteiger partial charge in [0.1, 0.15) is 6.07 Å². The molecule has 6 heteroatoms. The Balaban J connectivity index is 2.39. The van der Waals surface area contributed by atoms with Gasteiger partial charge in [0.05, 0.1) is 17.9 Å². The largest absolute Gasteiger partial charge is 0.383 e. The lowest BCUT2D eigenvalue weighted by atomic mass is 10.2. The summed E-state index contributed by atoms with van der Waals surface area (Å²) in [7, 11) is 1.58. The van der Waals surface area contributed by atoms with Gasteiger partial charge >= 0.3 is 0 Å². The van der Waals surface area contributed by atoms with Gasteiger partial charge in [-0.15, -0.1) is 0 Å². The van der Waals surface area contributed by atoms with Crippen LogP contribution in [0.5, 0.6) is 0 Å². The number of amides is 1. The molecule has 0 saturated heterocycles. The first-order valence-corrected chi connectivity index (χ1v) is 6.24. The molecule has 1 rings (SSSR count). The molecule has 0 fully saturated rings. The van der Waals surface area contributed by atoms with Crippen molar-refractivity contribution in [1.82, 2.24) is 5.32 Å². The summed E-state index contributed by atoms with van der Waals surface area (Å²) in [6.07, 6.45) is 0.321. The lowest BCUT2D eigenvalue weighted by Crippen LogP contribution is -2.28. The number of hydrogen-bond donors (Lipinski definition) is 2. The number of methoxy groups -OCH3 is 1. The van der Waals surface area contributed by atoms with Gasteiger partial charge in [0.2, 0.25) is 5.91 Å². The highest BCUT2D eigenvalue weighted by molar-refractivity contribution is 6.30. The highest BCUT2D eigenvalue weighted by atomic mass is 35.5. The number of halogens is 1. The van der Waals surface area contributed by atoms with Crippen LogP contribution in [0.15, 0.2) is 18.2 Å². The van der Waals surface area contributed by atoms with Crippen LogP contribution in [0.2, 0.25) is 5.02 Å². The molecule has 0 aliphatic heterocycles. The number of rotatable bonds is 7. The number of nitrogens with one attached hydrogen (secondary N) is 2. The zero-order valence-corrected chi connectivity index (χ0v) is 11.5. The first kappa shape index (κ1) is 15.3. The number of carbonyl (C=O) groups excluding carboxylic acids is 1. The van der Waals surface area contributed by atoms with Crippen LogP contribution in [0, 0.1) is 11.3 Å². The molecular formula is C13H16ClN3O2. The predicted octanol–water partition coefficient (Wildman–Crippen LogP) is 1.78. The van der Waals surface area contributed by atoms with Crippen molar-refractivity contribution in [3.63, 3.8) is 0 Å². The van der Waals surface area contributed by atoms with E-state index in [0.29, 0.717) is 42.4 Å². The molecule has 1 amide bonds. The van der Waals surface area contributed by atoms with E-state index in [2.05, 4.69) is 16.7 Å². The minimum absolute atomic E-state index is 0.0647. The Labute approximate surface area is 117 Å². The fourth-order valence-electron chi connectivity index (χ4n) is 1.45. The SMILES string of the molecule is COCCNC(=O)CCNc1cc(Cl)ccc1C#N. The number of ether oxygens (including phenoxy) is 1. The monoisotopic (exact) mass is 281 g/mol. The molecule has 0 bridgehead atoms. The lowest BCUT2D eigenvalue weighted by molar-refractivity contribution is -0.121. The summed E-state index contributed by atoms with van der Waals surface area (Å²) < 4.78 is 4.83. The van der Waals surface area contributed by atoms with E-state index in [1.807, 2.05) is 0 Å². The van der Waals surface area contributed by atoms with E-state index < -0.39 is 0 Å². The minimum atomic E-state index is -0.0647. The van der Waals surface area contributed by atoms with Crippen LogP contribution in [0.4, 0.5) is 5.69 Å². The molecule has 0 saturated carbocycles. The highest BCUT2D eigenvalue weighted by Crippen LogP contribution is 2.20. The molecule has 0 spiro atoms. The van der Waals surface area contributed by atoms with Crippen LogP contribution < -0.4 is 10.6 Å². The van der Waals surface area contributed by atoms with E-state index in [1.54, 1.807) is 25.3 Å². The summed E-state index contributed by atoms with van der Waals surface area (Å²) >= 11 is 5.86. The van der Waals surface area contributed by atoms with Crippen LogP contribution in [-0.2, 0) is 9.53 Å². The molecule has 2 N–H and O–H groups in total. The quantitative estimate of drug-likeness (QED) is 0.747. The average Bonchev–Trinajstić information content (AvgIpc) is 2.39. The number of nitrogens with zero attached hydrogens (tertiary/aromatic N) is 1. The standard InChI is InChI=1S/C13H16ClN3O2/c1-19-7-6-17-13(18)4-5-16-12-8-11(14)3-2-10(12)9-15/h2-3,8,16H,4-7H2,1H3,(H,17,18). The van der Waals surface area contributed by atoms with E-state index in [9.17, 15) is 4.79 Å². The van der Waals surface area contributed by atoms with Crippen molar-refractivity contribution < 1.29 is 9.53 Å². The Morgan fingerprint density at radius 3 is 2.95 bits per heavy atom. The van der Waals surface area contributed by atoms with Crippen molar-refractivity contribution in [2.24, 2.45) is 0 Å². The fraction of sp³-hybridized carbons (Fsp3) is 0.385. The van der Waals surface area contributed by atoms with Crippen LogP contribution in [0.1, 0.15) is 12.0 Å². The van der Waals surface area contributed by atoms with Crippen LogP contribution in [0.3, 0.4) is 0 Å². The Bertz CT molecular complexity index is 471. The first-order chi connectivity index (χ1) is 9.17. The van der Waals surface area contributed by atoms with Gasteiger partial charge in [-0.25, -0.2) is 0 Å². The van der Waals surface area contributed by atoms with Crippen molar-refractivity contribution in [3.05, 3.63) is 28.8 Å². The number of carbonyl (C=O) groups is 1. The summed E-state index contributed by atoms with van der Waals surface area (Å²) in [4.78, 5) is 11.4. The zero-order valence-electron chi connectivity index (χ0n) is 10.7. The molecular weight excluding hydrogens is 266 g/mol. The van der Waals surface area contributed by atoms with Gasteiger partial charge in [0.25, 0.3) is 0 Å². The van der Waals surface area contributed by atoms with Gasteiger partial charge < -0.3 is 15.4 Å². The molecule has 0 aliphatic rings. The summed E-state index contributed by atoms with van der Waals surface area (Å²) in [5.74, 6) is -0.0647. The topological polar surface area (TPSA) is 74.2 Å². The van der Waals surface area contributed by atoms with Crippen LogP contribution in [0.25, 0.3) is 0 Å². The summed E-state index contributed by atoms with van der Waals surface area (Å²) in [5, 5.41) is 15.2. The van der Waals surface area contributed by atoms with Gasteiger partial charge in [0.15, 0.2) is 0 Å². The number of nitriles is 1. The molecule has 0 aromatic heterocycles. The molecule has 19 heavy (non-hydrogen) atoms. The third kappa shape index (κ3) is 5.60. The molecule has 0 unspecified atom stereocenters. The average molecular weight is 282 g/mol. The second kappa shape index (κ2) is 8.35. The van der Waals surface area contributed by atoms with Crippen molar-refractivity contribution in [1.29, 1.82) is 5.26 Å². The second-order valence-corrected chi connectivity index (χ2v) is 4.26. The number of anilines is 1. The van der Waals surface area contributed by atoms with Gasteiger partial charge in [0, 0.05) is 31.6 Å².